The van der Waals surface area contributed by atoms with E-state index in [0.717, 1.165) is 0 Å². The summed E-state index contributed by atoms with van der Waals surface area (Å²) in [7, 11) is 0. The summed E-state index contributed by atoms with van der Waals surface area (Å²) in [5.74, 6) is -0.940. The molecule has 0 unspecified atom stereocenters. The Labute approximate surface area is 82.9 Å². The first-order valence-corrected chi connectivity index (χ1v) is 5.83. The normalized spacial score (nSPS) is 11.8. The highest BCUT2D eigenvalue weighted by atomic mass is 80.0. The SMILES string of the molecule is N[C@@H](CCBr)C(=O)O.[O-][Br+2]([O-])O. The number of carbonyl (C=O) groups is 1. The second-order valence-electron chi connectivity index (χ2n) is 1.62. The lowest BCUT2D eigenvalue weighted by atomic mass is 10.2. The summed E-state index contributed by atoms with van der Waals surface area (Å²) in [5, 5.41) is 8.81. The largest absolute Gasteiger partial charge is 0.480 e. The molecule has 12 heavy (non-hydrogen) atoms. The fourth-order valence-corrected chi connectivity index (χ4v) is 0.734. The van der Waals surface area contributed by atoms with Crippen molar-refractivity contribution in [1.29, 1.82) is 0 Å². The fourth-order valence-electron chi connectivity index (χ4n) is 0.241. The molecule has 0 aromatic heterocycles. The van der Waals surface area contributed by atoms with E-state index in [4.69, 9.17) is 23.4 Å². The third-order valence-electron chi connectivity index (χ3n) is 0.737. The topological polar surface area (TPSA) is 130 Å². The number of alkyl halides is 1. The van der Waals surface area contributed by atoms with Crippen molar-refractivity contribution in [3.63, 3.8) is 0 Å². The second-order valence-corrected chi connectivity index (χ2v) is 3.26. The Bertz CT molecular complexity index is 119. The Hall–Kier alpha value is 0.270. The maximum Gasteiger partial charge on any atom is 0.433 e. The summed E-state index contributed by atoms with van der Waals surface area (Å²) in [6, 6.07) is -0.714. The zero-order chi connectivity index (χ0) is 10.1. The first-order chi connectivity index (χ1) is 5.41. The number of carboxylic acids is 1. The summed E-state index contributed by atoms with van der Waals surface area (Å²) in [6.07, 6.45) is 0.481. The Morgan fingerprint density at radius 3 is 2.08 bits per heavy atom. The smallest absolute Gasteiger partial charge is 0.433 e. The quantitative estimate of drug-likeness (QED) is 0.484. The minimum atomic E-state index is -3.40. The molecular formula is C4H9Br2NO5. The van der Waals surface area contributed by atoms with E-state index in [1.165, 1.54) is 0 Å². The maximum absolute atomic E-state index is 9.94. The molecule has 0 bridgehead atoms. The predicted octanol–water partition coefficient (Wildman–Crippen LogP) is -2.75. The van der Waals surface area contributed by atoms with E-state index in [9.17, 15) is 4.79 Å². The summed E-state index contributed by atoms with van der Waals surface area (Å²) in [5.41, 5.74) is 5.10. The van der Waals surface area contributed by atoms with E-state index in [-0.39, 0.29) is 0 Å². The zero-order valence-corrected chi connectivity index (χ0v) is 9.12. The van der Waals surface area contributed by atoms with Crippen LogP contribution in [0.2, 0.25) is 0 Å². The van der Waals surface area contributed by atoms with Crippen LogP contribution in [-0.2, 0) is 4.79 Å². The van der Waals surface area contributed by atoms with Gasteiger partial charge in [0.15, 0.2) is 0 Å². The van der Waals surface area contributed by atoms with Gasteiger partial charge in [-0.15, -0.1) is 0 Å². The molecule has 0 radical (unpaired) electrons. The fraction of sp³-hybridized carbons (Fsp3) is 0.750. The molecule has 0 aromatic carbocycles. The van der Waals surface area contributed by atoms with Gasteiger partial charge in [-0.2, -0.15) is 0 Å². The maximum atomic E-state index is 9.94. The van der Waals surface area contributed by atoms with Crippen LogP contribution in [-0.4, -0.2) is 26.6 Å². The standard InChI is InChI=1S/C4H8BrNO2.BrHO3/c5-2-1-3(6)4(7)8;2-1(3)4/h3H,1-2,6H2,(H,7,8);2H/t3-;/m0./s1. The number of rotatable bonds is 3. The van der Waals surface area contributed by atoms with Crippen molar-refractivity contribution in [2.45, 2.75) is 12.5 Å². The van der Waals surface area contributed by atoms with Crippen LogP contribution in [0.4, 0.5) is 0 Å². The number of nitrogens with two attached hydrogens (primary N) is 1. The first kappa shape index (κ1) is 14.8. The van der Waals surface area contributed by atoms with Gasteiger partial charge in [0, 0.05) is 5.33 Å². The van der Waals surface area contributed by atoms with Crippen molar-refractivity contribution >= 4 is 21.9 Å². The van der Waals surface area contributed by atoms with Crippen molar-refractivity contribution in [2.75, 3.05) is 5.33 Å². The van der Waals surface area contributed by atoms with Gasteiger partial charge < -0.3 is 19.2 Å². The van der Waals surface area contributed by atoms with Gasteiger partial charge in [0.2, 0.25) is 0 Å². The molecule has 0 rings (SSSR count). The molecule has 6 nitrogen and oxygen atoms in total. The van der Waals surface area contributed by atoms with Crippen molar-refractivity contribution < 1.29 is 37.3 Å². The van der Waals surface area contributed by atoms with Crippen LogP contribution in [0.1, 0.15) is 6.42 Å². The van der Waals surface area contributed by atoms with Gasteiger partial charge in [-0.1, -0.05) is 15.9 Å². The monoisotopic (exact) mass is 309 g/mol. The van der Waals surface area contributed by atoms with E-state index < -0.39 is 26.8 Å². The van der Waals surface area contributed by atoms with Crippen LogP contribution >= 0.6 is 15.9 Å². The van der Waals surface area contributed by atoms with Crippen LogP contribution in [0.15, 0.2) is 0 Å². The number of halogens is 2. The molecule has 4 N–H and O–H groups in total. The average molecular weight is 311 g/mol. The first-order valence-electron chi connectivity index (χ1n) is 2.70. The van der Waals surface area contributed by atoms with E-state index in [1.54, 1.807) is 0 Å². The lowest BCUT2D eigenvalue weighted by Gasteiger charge is -1.99. The highest BCUT2D eigenvalue weighted by Crippen LogP contribution is 1.91. The van der Waals surface area contributed by atoms with Gasteiger partial charge in [0.1, 0.15) is 6.04 Å². The predicted molar refractivity (Wildman–Crippen MR) is 36.2 cm³/mol. The molecule has 0 saturated heterocycles. The Balaban J connectivity index is 0. The third kappa shape index (κ3) is 16.7. The van der Waals surface area contributed by atoms with Gasteiger partial charge in [-0.3, -0.25) is 4.79 Å². The van der Waals surface area contributed by atoms with E-state index in [1.807, 2.05) is 0 Å². The molecule has 0 spiro atoms. The highest BCUT2D eigenvalue weighted by molar-refractivity contribution is 9.09. The molecule has 0 fully saturated rings. The molecule has 0 amide bonds. The molecule has 0 aliphatic carbocycles. The zero-order valence-electron chi connectivity index (χ0n) is 5.94. The van der Waals surface area contributed by atoms with Gasteiger partial charge in [0.25, 0.3) is 0 Å². The molecule has 74 valence electrons. The summed E-state index contributed by atoms with van der Waals surface area (Å²) < 4.78 is 24.3. The summed E-state index contributed by atoms with van der Waals surface area (Å²) in [6.45, 7) is 0. The van der Waals surface area contributed by atoms with Gasteiger partial charge in [-0.05, 0) is 10.6 Å². The van der Waals surface area contributed by atoms with E-state index in [0.29, 0.717) is 11.8 Å². The molecule has 0 aliphatic heterocycles. The Morgan fingerprint density at radius 2 is 2.00 bits per heavy atom. The van der Waals surface area contributed by atoms with E-state index in [2.05, 4.69) is 15.9 Å². The lowest BCUT2D eigenvalue weighted by molar-refractivity contribution is -1.63. The molecule has 0 heterocycles. The minimum absolute atomic E-state index is 0.481. The van der Waals surface area contributed by atoms with Crippen molar-refractivity contribution in [3.8, 4) is 0 Å². The second kappa shape index (κ2) is 9.36. The molecule has 0 aromatic rings. The molecule has 8 heteroatoms. The van der Waals surface area contributed by atoms with Gasteiger partial charge in [0.05, 0.1) is 0 Å². The molecule has 0 saturated carbocycles. The van der Waals surface area contributed by atoms with Gasteiger partial charge in [-0.25, -0.2) is 0 Å². The lowest BCUT2D eigenvalue weighted by Crippen LogP contribution is -2.30. The summed E-state index contributed by atoms with van der Waals surface area (Å²) >= 11 is -0.321. The summed E-state index contributed by atoms with van der Waals surface area (Å²) in [4.78, 5) is 9.94. The highest BCUT2D eigenvalue weighted by Gasteiger charge is 2.08. The van der Waals surface area contributed by atoms with Crippen LogP contribution in [0, 0.1) is 14.8 Å². The third-order valence-corrected chi connectivity index (χ3v) is 1.20. The van der Waals surface area contributed by atoms with E-state index >= 15 is 0 Å². The number of aliphatic carboxylic acids is 1. The molecule has 1 atom stereocenters. The number of hydrogen-bond donors (Lipinski definition) is 3. The Morgan fingerprint density at radius 1 is 1.67 bits per heavy atom. The van der Waals surface area contributed by atoms with Crippen LogP contribution in [0.3, 0.4) is 0 Å². The van der Waals surface area contributed by atoms with Crippen LogP contribution < -0.4 is 14.1 Å². The van der Waals surface area contributed by atoms with Crippen molar-refractivity contribution in [3.05, 3.63) is 0 Å². The van der Waals surface area contributed by atoms with Crippen molar-refractivity contribution in [2.24, 2.45) is 5.73 Å². The van der Waals surface area contributed by atoms with Crippen molar-refractivity contribution in [1.82, 2.24) is 0 Å². The number of carboxylic acid groups (broad SMARTS) is 1. The molecular weight excluding hydrogens is 302 g/mol. The average Bonchev–Trinajstić information content (AvgIpc) is 1.86. The number of hydrogen-bond acceptors (Lipinski definition) is 5. The Kier molecular flexibility index (Phi) is 11.5. The molecule has 0 aliphatic rings. The van der Waals surface area contributed by atoms with Gasteiger partial charge >= 0.3 is 20.8 Å². The van der Waals surface area contributed by atoms with Crippen LogP contribution in [0.5, 0.6) is 0 Å². The van der Waals surface area contributed by atoms with Crippen LogP contribution in [0.25, 0.3) is 0 Å². The minimum Gasteiger partial charge on any atom is -0.480 e.